The maximum atomic E-state index is 12.2. The van der Waals surface area contributed by atoms with Gasteiger partial charge in [0.1, 0.15) is 5.75 Å². The molecule has 1 amide bonds. The first-order chi connectivity index (χ1) is 11.6. The molecule has 1 aliphatic heterocycles. The summed E-state index contributed by atoms with van der Waals surface area (Å²) in [6, 6.07) is 10.7. The number of ether oxygens (including phenoxy) is 1. The van der Waals surface area contributed by atoms with Crippen LogP contribution in [0, 0.1) is 0 Å². The number of carbonyl (C=O) groups excluding carboxylic acids is 1. The summed E-state index contributed by atoms with van der Waals surface area (Å²) >= 11 is 0. The number of carbonyl (C=O) groups is 2. The summed E-state index contributed by atoms with van der Waals surface area (Å²) in [5.74, 6) is -0.265. The minimum absolute atomic E-state index is 0.117. The van der Waals surface area contributed by atoms with E-state index in [2.05, 4.69) is 0 Å². The van der Waals surface area contributed by atoms with Crippen molar-refractivity contribution in [3.63, 3.8) is 0 Å². The number of hydrogen-bond acceptors (Lipinski definition) is 4. The third kappa shape index (κ3) is 3.65. The van der Waals surface area contributed by atoms with E-state index in [1.165, 1.54) is 6.26 Å². The molecule has 2 aromatic rings. The number of amides is 1. The molecular weight excluding hydrogens is 310 g/mol. The molecule has 0 spiro atoms. The fraction of sp³-hybridized carbons (Fsp3) is 0.222. The SMILES string of the molecule is O=C(O)COc1cccc(C2=CCN(C(=O)c3ccco3)CC2)c1. The van der Waals surface area contributed by atoms with Gasteiger partial charge in [0.15, 0.2) is 12.4 Å². The van der Waals surface area contributed by atoms with Gasteiger partial charge in [0.25, 0.3) is 5.91 Å². The summed E-state index contributed by atoms with van der Waals surface area (Å²) in [6.45, 7) is 0.745. The van der Waals surface area contributed by atoms with Gasteiger partial charge in [-0.25, -0.2) is 4.79 Å². The summed E-state index contributed by atoms with van der Waals surface area (Å²) in [5, 5.41) is 8.67. The average Bonchev–Trinajstić information content (AvgIpc) is 3.14. The summed E-state index contributed by atoms with van der Waals surface area (Å²) in [4.78, 5) is 24.5. The highest BCUT2D eigenvalue weighted by atomic mass is 16.5. The molecule has 3 rings (SSSR count). The van der Waals surface area contributed by atoms with E-state index in [1.807, 2.05) is 24.3 Å². The molecule has 0 radical (unpaired) electrons. The number of benzene rings is 1. The Bertz CT molecular complexity index is 763. The maximum absolute atomic E-state index is 12.2. The smallest absolute Gasteiger partial charge is 0.341 e. The lowest BCUT2D eigenvalue weighted by molar-refractivity contribution is -0.139. The van der Waals surface area contributed by atoms with Crippen molar-refractivity contribution in [3.8, 4) is 5.75 Å². The van der Waals surface area contributed by atoms with Crippen LogP contribution in [0.3, 0.4) is 0 Å². The van der Waals surface area contributed by atoms with Gasteiger partial charge in [-0.05, 0) is 41.8 Å². The molecule has 1 N–H and O–H groups in total. The van der Waals surface area contributed by atoms with Crippen LogP contribution >= 0.6 is 0 Å². The zero-order valence-corrected chi connectivity index (χ0v) is 13.0. The average molecular weight is 327 g/mol. The van der Waals surface area contributed by atoms with Crippen LogP contribution in [0.4, 0.5) is 0 Å². The first kappa shape index (κ1) is 15.9. The van der Waals surface area contributed by atoms with Crippen molar-refractivity contribution >= 4 is 17.4 Å². The lowest BCUT2D eigenvalue weighted by Crippen LogP contribution is -2.34. The Morgan fingerprint density at radius 2 is 2.12 bits per heavy atom. The molecule has 0 fully saturated rings. The van der Waals surface area contributed by atoms with E-state index in [9.17, 15) is 9.59 Å². The largest absolute Gasteiger partial charge is 0.482 e. The van der Waals surface area contributed by atoms with Crippen molar-refractivity contribution in [2.75, 3.05) is 19.7 Å². The van der Waals surface area contributed by atoms with Gasteiger partial charge in [-0.3, -0.25) is 4.79 Å². The second kappa shape index (κ2) is 7.04. The van der Waals surface area contributed by atoms with Crippen molar-refractivity contribution in [2.24, 2.45) is 0 Å². The number of carboxylic acid groups (broad SMARTS) is 1. The molecule has 124 valence electrons. The molecule has 6 nitrogen and oxygen atoms in total. The minimum atomic E-state index is -1.01. The van der Waals surface area contributed by atoms with Gasteiger partial charge in [0, 0.05) is 13.1 Å². The van der Waals surface area contributed by atoms with E-state index in [0.29, 0.717) is 24.6 Å². The van der Waals surface area contributed by atoms with Gasteiger partial charge in [0.05, 0.1) is 6.26 Å². The summed E-state index contributed by atoms with van der Waals surface area (Å²) in [5.41, 5.74) is 2.09. The second-order valence-corrected chi connectivity index (χ2v) is 5.42. The first-order valence-electron chi connectivity index (χ1n) is 7.60. The van der Waals surface area contributed by atoms with Crippen molar-refractivity contribution in [3.05, 3.63) is 60.1 Å². The Kier molecular flexibility index (Phi) is 4.65. The number of carboxylic acids is 1. The lowest BCUT2D eigenvalue weighted by atomic mass is 9.99. The molecule has 6 heteroatoms. The number of aliphatic carboxylic acids is 1. The van der Waals surface area contributed by atoms with Gasteiger partial charge >= 0.3 is 5.97 Å². The van der Waals surface area contributed by atoms with Gasteiger partial charge in [-0.2, -0.15) is 0 Å². The van der Waals surface area contributed by atoms with Gasteiger partial charge in [0.2, 0.25) is 0 Å². The Balaban J connectivity index is 1.67. The monoisotopic (exact) mass is 327 g/mol. The van der Waals surface area contributed by atoms with Crippen molar-refractivity contribution in [2.45, 2.75) is 6.42 Å². The van der Waals surface area contributed by atoms with E-state index < -0.39 is 5.97 Å². The molecule has 0 atom stereocenters. The Hall–Kier alpha value is -3.02. The minimum Gasteiger partial charge on any atom is -0.482 e. The van der Waals surface area contributed by atoms with Crippen LogP contribution < -0.4 is 4.74 Å². The van der Waals surface area contributed by atoms with Crippen LogP contribution in [-0.4, -0.2) is 41.6 Å². The van der Waals surface area contributed by atoms with Crippen molar-refractivity contribution < 1.29 is 23.8 Å². The third-order valence-corrected chi connectivity index (χ3v) is 3.80. The van der Waals surface area contributed by atoms with Crippen LogP contribution in [0.15, 0.2) is 53.2 Å². The predicted molar refractivity (Wildman–Crippen MR) is 86.8 cm³/mol. The van der Waals surface area contributed by atoms with Gasteiger partial charge in [-0.1, -0.05) is 18.2 Å². The highest BCUT2D eigenvalue weighted by molar-refractivity contribution is 5.92. The Morgan fingerprint density at radius 1 is 1.25 bits per heavy atom. The fourth-order valence-electron chi connectivity index (χ4n) is 2.60. The van der Waals surface area contributed by atoms with Crippen LogP contribution in [-0.2, 0) is 4.79 Å². The van der Waals surface area contributed by atoms with Crippen LogP contribution in [0.5, 0.6) is 5.75 Å². The maximum Gasteiger partial charge on any atom is 0.341 e. The normalized spacial score (nSPS) is 14.2. The summed E-state index contributed by atoms with van der Waals surface area (Å²) in [6.07, 6.45) is 4.20. The van der Waals surface area contributed by atoms with Gasteiger partial charge in [-0.15, -0.1) is 0 Å². The highest BCUT2D eigenvalue weighted by Gasteiger charge is 2.21. The van der Waals surface area contributed by atoms with Gasteiger partial charge < -0.3 is 19.2 Å². The fourth-order valence-corrected chi connectivity index (χ4v) is 2.60. The number of rotatable bonds is 5. The topological polar surface area (TPSA) is 80.0 Å². The molecule has 0 unspecified atom stereocenters. The van der Waals surface area contributed by atoms with E-state index in [0.717, 1.165) is 17.6 Å². The number of furan rings is 1. The molecule has 1 aliphatic rings. The van der Waals surface area contributed by atoms with E-state index >= 15 is 0 Å². The third-order valence-electron chi connectivity index (χ3n) is 3.80. The Labute approximate surface area is 138 Å². The van der Waals surface area contributed by atoms with Crippen LogP contribution in [0.2, 0.25) is 0 Å². The number of hydrogen-bond donors (Lipinski definition) is 1. The molecule has 1 aromatic carbocycles. The quantitative estimate of drug-likeness (QED) is 0.913. The second-order valence-electron chi connectivity index (χ2n) is 5.42. The Morgan fingerprint density at radius 3 is 2.79 bits per heavy atom. The predicted octanol–water partition coefficient (Wildman–Crippen LogP) is 2.67. The molecule has 0 saturated carbocycles. The molecule has 2 heterocycles. The molecule has 0 bridgehead atoms. The molecule has 0 saturated heterocycles. The van der Waals surface area contributed by atoms with E-state index in [-0.39, 0.29) is 12.5 Å². The molecule has 0 aliphatic carbocycles. The summed E-state index contributed by atoms with van der Waals surface area (Å²) < 4.78 is 10.3. The van der Waals surface area contributed by atoms with E-state index in [4.69, 9.17) is 14.3 Å². The molecule has 1 aromatic heterocycles. The van der Waals surface area contributed by atoms with Crippen molar-refractivity contribution in [1.82, 2.24) is 4.90 Å². The van der Waals surface area contributed by atoms with Crippen LogP contribution in [0.1, 0.15) is 22.5 Å². The zero-order valence-electron chi connectivity index (χ0n) is 13.0. The standard InChI is InChI=1S/C18H17NO5/c20-17(21)12-24-15-4-1-3-14(11-15)13-6-8-19(9-7-13)18(22)16-5-2-10-23-16/h1-6,10-11H,7-9,12H2,(H,20,21). The molecular formula is C18H17NO5. The van der Waals surface area contributed by atoms with Crippen LogP contribution in [0.25, 0.3) is 5.57 Å². The highest BCUT2D eigenvalue weighted by Crippen LogP contribution is 2.26. The lowest BCUT2D eigenvalue weighted by Gasteiger charge is -2.26. The first-order valence-corrected chi connectivity index (χ1v) is 7.60. The van der Waals surface area contributed by atoms with Crippen molar-refractivity contribution in [1.29, 1.82) is 0 Å². The summed E-state index contributed by atoms with van der Waals surface area (Å²) in [7, 11) is 0. The van der Waals surface area contributed by atoms with E-state index in [1.54, 1.807) is 23.1 Å². The number of nitrogens with zero attached hydrogens (tertiary/aromatic N) is 1. The zero-order chi connectivity index (χ0) is 16.9. The molecule has 24 heavy (non-hydrogen) atoms.